The first-order valence-electron chi connectivity index (χ1n) is 30.0. The summed E-state index contributed by atoms with van der Waals surface area (Å²) in [5.74, 6) is -2.38. The third kappa shape index (κ3) is 14.5. The molecular weight excluding hydrogens is 1370 g/mol. The SMILES string of the molecule is Cc1ccc2oc(Cn3nc(CC(=O)O)c4cscc4c3=O)cc2c1.Cc1ccc2oc(Cn3nc(CC(=O)O)c4cscc4c3=O)nc2c1.Cc1ccc2sc(Cn3nc(CC(=O)O)c4cscc4c3=O)nc2c1.O=C(O)Cc1nn(Cc2cc3ccccc3o2)c(=O)c2cscc12. The summed E-state index contributed by atoms with van der Waals surface area (Å²) >= 11 is 6.94. The van der Waals surface area contributed by atoms with Crippen molar-refractivity contribution >= 4 is 167 Å². The Labute approximate surface area is 575 Å². The molecule has 498 valence electrons. The zero-order chi connectivity index (χ0) is 69.3. The van der Waals surface area contributed by atoms with Crippen molar-refractivity contribution in [2.45, 2.75) is 72.6 Å². The second-order valence-electron chi connectivity index (χ2n) is 22.9. The van der Waals surface area contributed by atoms with Crippen LogP contribution in [0.1, 0.15) is 61.9 Å². The summed E-state index contributed by atoms with van der Waals surface area (Å²) in [7, 11) is 0. The molecule has 0 aliphatic rings. The van der Waals surface area contributed by atoms with Crippen molar-refractivity contribution in [2.24, 2.45) is 0 Å². The van der Waals surface area contributed by atoms with Crippen LogP contribution in [0.25, 0.3) is 86.3 Å². The minimum atomic E-state index is -0.998. The number of furan rings is 2. The van der Waals surface area contributed by atoms with Gasteiger partial charge in [-0.05, 0) is 86.5 Å². The molecule has 0 radical (unpaired) electrons. The Morgan fingerprint density at radius 3 is 1.24 bits per heavy atom. The van der Waals surface area contributed by atoms with Crippen molar-refractivity contribution in [3.8, 4) is 0 Å². The van der Waals surface area contributed by atoms with Crippen LogP contribution < -0.4 is 22.2 Å². The van der Waals surface area contributed by atoms with Gasteiger partial charge < -0.3 is 33.7 Å². The first-order valence-corrected chi connectivity index (χ1v) is 34.6. The second kappa shape index (κ2) is 28.0. The zero-order valence-electron chi connectivity index (χ0n) is 52.2. The number of thiazole rings is 1. The average Bonchev–Trinajstić information content (AvgIpc) is 1.72. The lowest BCUT2D eigenvalue weighted by Gasteiger charge is -2.06. The van der Waals surface area contributed by atoms with Crippen molar-refractivity contribution in [1.82, 2.24) is 49.1 Å². The Hall–Kier alpha value is -11.4. The van der Waals surface area contributed by atoms with E-state index in [1.54, 1.807) is 43.0 Å². The molecule has 0 aliphatic carbocycles. The van der Waals surface area contributed by atoms with Crippen LogP contribution in [0.2, 0.25) is 0 Å². The third-order valence-electron chi connectivity index (χ3n) is 15.5. The molecule has 30 heteroatoms. The molecule has 4 N–H and O–H groups in total. The molecule has 0 atom stereocenters. The van der Waals surface area contributed by atoms with E-state index in [-0.39, 0.29) is 74.1 Å². The number of hydrogen-bond acceptors (Lipinski definition) is 22. The summed E-state index contributed by atoms with van der Waals surface area (Å²) in [6.45, 7) is 6.56. The zero-order valence-corrected chi connectivity index (χ0v) is 56.3. The van der Waals surface area contributed by atoms with E-state index in [9.17, 15) is 38.4 Å². The molecule has 0 spiro atoms. The molecular formula is C69H52N10O15S5. The van der Waals surface area contributed by atoms with Gasteiger partial charge in [0.05, 0.1) is 86.8 Å². The van der Waals surface area contributed by atoms with Crippen LogP contribution in [0.15, 0.2) is 166 Å². The van der Waals surface area contributed by atoms with Crippen molar-refractivity contribution in [2.75, 3.05) is 0 Å². The maximum Gasteiger partial charge on any atom is 0.309 e. The van der Waals surface area contributed by atoms with E-state index in [1.807, 2.05) is 112 Å². The largest absolute Gasteiger partial charge is 0.481 e. The van der Waals surface area contributed by atoms with Gasteiger partial charge in [-0.2, -0.15) is 65.7 Å². The maximum atomic E-state index is 12.6. The highest BCUT2D eigenvalue weighted by Crippen LogP contribution is 2.28. The summed E-state index contributed by atoms with van der Waals surface area (Å²) in [6.07, 6.45) is -0.923. The minimum absolute atomic E-state index is 0.0466. The Bertz CT molecular complexity index is 5640. The first kappa shape index (κ1) is 66.2. The van der Waals surface area contributed by atoms with Gasteiger partial charge in [0.15, 0.2) is 5.58 Å². The number of carboxylic acid groups (broad SMARTS) is 4. The highest BCUT2D eigenvalue weighted by atomic mass is 32.1. The molecule has 0 unspecified atom stereocenters. The summed E-state index contributed by atoms with van der Waals surface area (Å²) in [5.41, 5.74) is 7.57. The fourth-order valence-electron chi connectivity index (χ4n) is 11.1. The number of hydrogen-bond donors (Lipinski definition) is 4. The normalized spacial score (nSPS) is 11.4. The number of aryl methyl sites for hydroxylation is 3. The molecule has 12 aromatic heterocycles. The number of rotatable bonds is 16. The smallest absolute Gasteiger partial charge is 0.309 e. The molecule has 0 aliphatic heterocycles. The molecule has 4 aromatic carbocycles. The van der Waals surface area contributed by atoms with Gasteiger partial charge in [0.2, 0.25) is 5.89 Å². The maximum absolute atomic E-state index is 12.6. The molecule has 0 amide bonds. The van der Waals surface area contributed by atoms with Crippen LogP contribution in [-0.4, -0.2) is 93.4 Å². The first-order chi connectivity index (χ1) is 47.6. The highest BCUT2D eigenvalue weighted by Gasteiger charge is 2.21. The third-order valence-corrected chi connectivity index (χ3v) is 19.5. The molecule has 0 fully saturated rings. The van der Waals surface area contributed by atoms with Crippen molar-refractivity contribution in [3.63, 3.8) is 0 Å². The molecule has 0 bridgehead atoms. The van der Waals surface area contributed by atoms with Crippen molar-refractivity contribution in [3.05, 3.63) is 237 Å². The van der Waals surface area contributed by atoms with E-state index in [4.69, 9.17) is 33.7 Å². The number of aliphatic carboxylic acids is 4. The number of carboxylic acids is 4. The number of para-hydroxylation sites is 1. The predicted molar refractivity (Wildman–Crippen MR) is 378 cm³/mol. The predicted octanol–water partition coefficient (Wildman–Crippen LogP) is 11.7. The lowest BCUT2D eigenvalue weighted by atomic mass is 10.2. The Morgan fingerprint density at radius 2 is 0.778 bits per heavy atom. The second-order valence-corrected chi connectivity index (χ2v) is 27.0. The van der Waals surface area contributed by atoms with E-state index in [1.165, 1.54) is 75.4 Å². The number of oxazole rings is 1. The lowest BCUT2D eigenvalue weighted by molar-refractivity contribution is -0.137. The van der Waals surface area contributed by atoms with Gasteiger partial charge >= 0.3 is 23.9 Å². The van der Waals surface area contributed by atoms with Gasteiger partial charge in [-0.15, -0.1) is 11.3 Å². The van der Waals surface area contributed by atoms with Crippen LogP contribution in [-0.2, 0) is 71.0 Å². The average molecular weight is 1420 g/mol. The monoisotopic (exact) mass is 1420 g/mol. The van der Waals surface area contributed by atoms with Gasteiger partial charge in [0.25, 0.3) is 22.2 Å². The standard InChI is InChI=1S/C18H14N2O4S.C17H13N3O4S.C17H13N3O3S2.C17H12N2O4S/c1-10-2-3-16-11(4-10)5-12(24-16)7-20-18(23)14-9-25-8-13(14)15(19-20)6-17(21)22;1-9-2-3-14-13(4-9)18-15(24-14)6-20-17(23)11-8-25-7-10(11)12(19-20)5-16(21)22;1-9-2-3-14-13(4-9)18-15(25-14)6-20-17(23)11-8-24-7-10(11)12(19-20)5-16(21)22;20-16(21)6-14-12-8-24-9-13(12)17(22)19(18-14)7-11-5-10-3-1-2-4-15(10)23-11/h2-5,8-9H,6-7H2,1H3,(H,21,22);2*2-4,7-8H,5-6H2,1H3,(H,21,22);1-5,8-9H,6-7H2,(H,20,21). The van der Waals surface area contributed by atoms with Crippen molar-refractivity contribution < 1.29 is 52.9 Å². The molecule has 16 aromatic rings. The quantitative estimate of drug-likeness (QED) is 0.0698. The number of nitrogens with zero attached hydrogens (tertiary/aromatic N) is 10. The van der Waals surface area contributed by atoms with Crippen LogP contribution in [0.4, 0.5) is 0 Å². The van der Waals surface area contributed by atoms with Crippen LogP contribution in [0.5, 0.6) is 0 Å². The molecule has 0 saturated carbocycles. The molecule has 0 saturated heterocycles. The topological polar surface area (TPSA) is 354 Å². The van der Waals surface area contributed by atoms with Crippen LogP contribution in [0, 0.1) is 20.8 Å². The summed E-state index contributed by atoms with van der Waals surface area (Å²) in [4.78, 5) is 104. The molecule has 99 heavy (non-hydrogen) atoms. The number of fused-ring (bicyclic) bond motifs is 8. The Balaban J connectivity index is 0.000000119. The van der Waals surface area contributed by atoms with Gasteiger partial charge in [-0.3, -0.25) is 38.4 Å². The van der Waals surface area contributed by atoms with Gasteiger partial charge in [-0.25, -0.2) is 28.7 Å². The van der Waals surface area contributed by atoms with E-state index in [2.05, 4.69) is 30.4 Å². The number of thiophene rings is 4. The fraction of sp³-hybridized carbons (Fsp3) is 0.159. The van der Waals surface area contributed by atoms with Gasteiger partial charge in [-0.1, -0.05) is 42.0 Å². The minimum Gasteiger partial charge on any atom is -0.481 e. The molecule has 16 rings (SSSR count). The van der Waals surface area contributed by atoms with E-state index >= 15 is 0 Å². The van der Waals surface area contributed by atoms with E-state index < -0.39 is 23.9 Å². The van der Waals surface area contributed by atoms with Gasteiger partial charge in [0.1, 0.15) is 52.8 Å². The molecule has 25 nitrogen and oxygen atoms in total. The van der Waals surface area contributed by atoms with E-state index in [0.29, 0.717) is 94.4 Å². The van der Waals surface area contributed by atoms with Gasteiger partial charge in [0, 0.05) is 75.4 Å². The number of benzene rings is 4. The Morgan fingerprint density at radius 1 is 0.394 bits per heavy atom. The fourth-order valence-corrected chi connectivity index (χ4v) is 15.3. The van der Waals surface area contributed by atoms with Crippen LogP contribution in [0.3, 0.4) is 0 Å². The van der Waals surface area contributed by atoms with E-state index in [0.717, 1.165) is 53.9 Å². The summed E-state index contributed by atoms with van der Waals surface area (Å²) in [5, 5.41) is 74.3. The number of aromatic nitrogens is 10. The van der Waals surface area contributed by atoms with Crippen LogP contribution >= 0.6 is 56.7 Å². The lowest BCUT2D eigenvalue weighted by Crippen LogP contribution is -2.25. The van der Waals surface area contributed by atoms with Crippen molar-refractivity contribution in [1.29, 1.82) is 0 Å². The Kier molecular flexibility index (Phi) is 18.7. The summed E-state index contributed by atoms with van der Waals surface area (Å²) < 4.78 is 23.3. The summed E-state index contributed by atoms with van der Waals surface area (Å²) in [6, 6.07) is 28.9. The number of carbonyl (C=O) groups is 4. The molecule has 12 heterocycles. The highest BCUT2D eigenvalue weighted by molar-refractivity contribution is 7.18.